The van der Waals surface area contributed by atoms with Crippen molar-refractivity contribution in [3.63, 3.8) is 0 Å². The normalized spacial score (nSPS) is 19.5. The Labute approximate surface area is 122 Å². The predicted molar refractivity (Wildman–Crippen MR) is 84.9 cm³/mol. The summed E-state index contributed by atoms with van der Waals surface area (Å²) in [7, 11) is 0. The van der Waals surface area contributed by atoms with E-state index >= 15 is 0 Å². The molecule has 1 N–H and O–H groups in total. The van der Waals surface area contributed by atoms with E-state index in [2.05, 4.69) is 54.4 Å². The average Bonchev–Trinajstić information content (AvgIpc) is 2.49. The lowest BCUT2D eigenvalue weighted by Gasteiger charge is -2.47. The van der Waals surface area contributed by atoms with Crippen molar-refractivity contribution in [1.82, 2.24) is 10.2 Å². The molecule has 1 aliphatic heterocycles. The van der Waals surface area contributed by atoms with Crippen LogP contribution in [0.25, 0.3) is 0 Å². The molecule has 1 saturated heterocycles. The van der Waals surface area contributed by atoms with Gasteiger partial charge in [0.15, 0.2) is 0 Å². The Balaban J connectivity index is 1.86. The Morgan fingerprint density at radius 1 is 1.21 bits per heavy atom. The maximum absolute atomic E-state index is 3.57. The third kappa shape index (κ3) is 3.74. The molecule has 0 bridgehead atoms. The topological polar surface area (TPSA) is 15.3 Å². The second-order valence-corrected chi connectivity index (χ2v) is 6.43. The van der Waals surface area contributed by atoms with E-state index < -0.39 is 0 Å². The Morgan fingerprint density at radius 2 is 1.95 bits per heavy atom. The van der Waals surface area contributed by atoms with Gasteiger partial charge >= 0.3 is 0 Å². The highest BCUT2D eigenvalue weighted by atomic mass is 32.2. The van der Waals surface area contributed by atoms with Crippen molar-refractivity contribution in [2.45, 2.75) is 37.1 Å². The first kappa shape index (κ1) is 14.9. The van der Waals surface area contributed by atoms with Gasteiger partial charge in [0.2, 0.25) is 0 Å². The van der Waals surface area contributed by atoms with Crippen LogP contribution in [0.3, 0.4) is 0 Å². The number of nitrogens with one attached hydrogen (secondary N) is 1. The minimum atomic E-state index is 0.384. The zero-order chi connectivity index (χ0) is 13.6. The van der Waals surface area contributed by atoms with Crippen LogP contribution in [0.15, 0.2) is 35.2 Å². The van der Waals surface area contributed by atoms with Gasteiger partial charge in [0.25, 0.3) is 0 Å². The first-order valence-corrected chi connectivity index (χ1v) is 8.43. The fraction of sp³-hybridized carbons (Fsp3) is 0.625. The highest BCUT2D eigenvalue weighted by molar-refractivity contribution is 7.99. The molecule has 19 heavy (non-hydrogen) atoms. The molecule has 0 aromatic heterocycles. The summed E-state index contributed by atoms with van der Waals surface area (Å²) < 4.78 is 0. The summed E-state index contributed by atoms with van der Waals surface area (Å²) >= 11 is 1.97. The number of nitrogens with zero attached hydrogens (tertiary/aromatic N) is 1. The van der Waals surface area contributed by atoms with Crippen LogP contribution in [0, 0.1) is 0 Å². The van der Waals surface area contributed by atoms with Gasteiger partial charge in [0, 0.05) is 42.4 Å². The lowest BCUT2D eigenvalue weighted by Crippen LogP contribution is -2.61. The maximum atomic E-state index is 3.57. The third-order valence-electron chi connectivity index (χ3n) is 4.37. The van der Waals surface area contributed by atoms with Gasteiger partial charge in [-0.15, -0.1) is 11.8 Å². The second kappa shape index (κ2) is 7.32. The van der Waals surface area contributed by atoms with Gasteiger partial charge in [-0.3, -0.25) is 4.90 Å². The van der Waals surface area contributed by atoms with E-state index in [4.69, 9.17) is 0 Å². The largest absolute Gasteiger partial charge is 0.314 e. The molecule has 2 rings (SSSR count). The molecule has 0 spiro atoms. The van der Waals surface area contributed by atoms with Crippen LogP contribution < -0.4 is 5.32 Å². The number of thioether (sulfide) groups is 1. The van der Waals surface area contributed by atoms with E-state index in [-0.39, 0.29) is 0 Å². The number of rotatable bonds is 6. The SMILES string of the molecule is CCC1(CC)CNCCN1CCSc1ccccc1. The van der Waals surface area contributed by atoms with Crippen LogP contribution in [-0.2, 0) is 0 Å². The molecule has 0 atom stereocenters. The molecule has 1 aromatic rings. The monoisotopic (exact) mass is 278 g/mol. The number of hydrogen-bond acceptors (Lipinski definition) is 3. The van der Waals surface area contributed by atoms with Crippen LogP contribution in [0.2, 0.25) is 0 Å². The van der Waals surface area contributed by atoms with E-state index in [9.17, 15) is 0 Å². The molecular weight excluding hydrogens is 252 g/mol. The molecular formula is C16H26N2S. The van der Waals surface area contributed by atoms with E-state index in [0.29, 0.717) is 5.54 Å². The van der Waals surface area contributed by atoms with Gasteiger partial charge in [-0.1, -0.05) is 32.0 Å². The number of piperazine rings is 1. The Kier molecular flexibility index (Phi) is 5.74. The lowest BCUT2D eigenvalue weighted by atomic mass is 9.89. The van der Waals surface area contributed by atoms with E-state index in [1.165, 1.54) is 36.6 Å². The van der Waals surface area contributed by atoms with Gasteiger partial charge in [0.1, 0.15) is 0 Å². The molecule has 1 heterocycles. The molecule has 0 aliphatic carbocycles. The maximum Gasteiger partial charge on any atom is 0.0329 e. The molecule has 0 amide bonds. The average molecular weight is 278 g/mol. The van der Waals surface area contributed by atoms with Gasteiger partial charge in [-0.2, -0.15) is 0 Å². The predicted octanol–water partition coefficient (Wildman–Crippen LogP) is 3.24. The molecule has 106 valence electrons. The molecule has 1 aromatic carbocycles. The van der Waals surface area contributed by atoms with Gasteiger partial charge in [-0.05, 0) is 25.0 Å². The lowest BCUT2D eigenvalue weighted by molar-refractivity contribution is 0.0587. The van der Waals surface area contributed by atoms with Gasteiger partial charge in [-0.25, -0.2) is 0 Å². The zero-order valence-corrected chi connectivity index (χ0v) is 13.0. The first-order valence-electron chi connectivity index (χ1n) is 7.44. The van der Waals surface area contributed by atoms with Crippen molar-refractivity contribution in [2.75, 3.05) is 31.9 Å². The standard InChI is InChI=1S/C16H26N2S/c1-3-16(4-2)14-17-10-11-18(16)12-13-19-15-8-6-5-7-9-15/h5-9,17H,3-4,10-14H2,1-2H3. The van der Waals surface area contributed by atoms with Crippen molar-refractivity contribution < 1.29 is 0 Å². The van der Waals surface area contributed by atoms with Crippen molar-refractivity contribution in [3.05, 3.63) is 30.3 Å². The van der Waals surface area contributed by atoms with Crippen LogP contribution in [-0.4, -0.2) is 42.4 Å². The Hall–Kier alpha value is -0.510. The summed E-state index contributed by atoms with van der Waals surface area (Å²) in [6.45, 7) is 9.33. The van der Waals surface area contributed by atoms with Crippen molar-refractivity contribution in [3.8, 4) is 0 Å². The zero-order valence-electron chi connectivity index (χ0n) is 12.2. The first-order chi connectivity index (χ1) is 9.30. The highest BCUT2D eigenvalue weighted by Gasteiger charge is 2.34. The fourth-order valence-electron chi connectivity index (χ4n) is 2.97. The molecule has 0 saturated carbocycles. The molecule has 0 unspecified atom stereocenters. The fourth-order valence-corrected chi connectivity index (χ4v) is 3.87. The Morgan fingerprint density at radius 3 is 2.63 bits per heavy atom. The van der Waals surface area contributed by atoms with E-state index in [1.807, 2.05) is 11.8 Å². The molecule has 0 radical (unpaired) electrons. The summed E-state index contributed by atoms with van der Waals surface area (Å²) in [5, 5.41) is 3.57. The second-order valence-electron chi connectivity index (χ2n) is 5.26. The van der Waals surface area contributed by atoms with Crippen molar-refractivity contribution >= 4 is 11.8 Å². The molecule has 1 aliphatic rings. The summed E-state index contributed by atoms with van der Waals surface area (Å²) in [6, 6.07) is 10.7. The summed E-state index contributed by atoms with van der Waals surface area (Å²) in [5.41, 5.74) is 0.384. The molecule has 3 heteroatoms. The van der Waals surface area contributed by atoms with E-state index in [0.717, 1.165) is 13.1 Å². The molecule has 2 nitrogen and oxygen atoms in total. The van der Waals surface area contributed by atoms with Crippen LogP contribution in [0.5, 0.6) is 0 Å². The summed E-state index contributed by atoms with van der Waals surface area (Å²) in [6.07, 6.45) is 2.49. The third-order valence-corrected chi connectivity index (χ3v) is 5.36. The van der Waals surface area contributed by atoms with Gasteiger partial charge in [0.05, 0.1) is 0 Å². The quantitative estimate of drug-likeness (QED) is 0.804. The van der Waals surface area contributed by atoms with E-state index in [1.54, 1.807) is 0 Å². The van der Waals surface area contributed by atoms with Crippen LogP contribution in [0.4, 0.5) is 0 Å². The number of hydrogen-bond donors (Lipinski definition) is 1. The minimum Gasteiger partial charge on any atom is -0.314 e. The van der Waals surface area contributed by atoms with Crippen molar-refractivity contribution in [2.24, 2.45) is 0 Å². The number of benzene rings is 1. The Bertz CT molecular complexity index is 362. The van der Waals surface area contributed by atoms with Crippen LogP contribution >= 0.6 is 11.8 Å². The smallest absolute Gasteiger partial charge is 0.0329 e. The highest BCUT2D eigenvalue weighted by Crippen LogP contribution is 2.26. The summed E-state index contributed by atoms with van der Waals surface area (Å²) in [5.74, 6) is 1.19. The van der Waals surface area contributed by atoms with Crippen molar-refractivity contribution in [1.29, 1.82) is 0 Å². The summed E-state index contributed by atoms with van der Waals surface area (Å²) in [4.78, 5) is 4.09. The van der Waals surface area contributed by atoms with Gasteiger partial charge < -0.3 is 5.32 Å². The van der Waals surface area contributed by atoms with Crippen LogP contribution in [0.1, 0.15) is 26.7 Å². The molecule has 1 fully saturated rings. The minimum absolute atomic E-state index is 0.384.